The normalized spacial score (nSPS) is 9.96. The molecular formula is C17H14BrNO4. The lowest BCUT2D eigenvalue weighted by atomic mass is 10.1. The molecule has 118 valence electrons. The van der Waals surface area contributed by atoms with E-state index in [1.54, 1.807) is 0 Å². The molecule has 0 heterocycles. The largest absolute Gasteiger partial charge is 0.452 e. The van der Waals surface area contributed by atoms with Crippen molar-refractivity contribution in [3.63, 3.8) is 0 Å². The Morgan fingerprint density at radius 2 is 1.78 bits per heavy atom. The lowest BCUT2D eigenvalue weighted by Gasteiger charge is -2.08. The van der Waals surface area contributed by atoms with Gasteiger partial charge < -0.3 is 10.1 Å². The molecule has 5 nitrogen and oxygen atoms in total. The maximum atomic E-state index is 11.8. The number of esters is 1. The number of ether oxygens (including phenoxy) is 1. The van der Waals surface area contributed by atoms with Crippen molar-refractivity contribution in [2.45, 2.75) is 6.54 Å². The van der Waals surface area contributed by atoms with Gasteiger partial charge in [-0.2, -0.15) is 0 Å². The van der Waals surface area contributed by atoms with E-state index in [0.29, 0.717) is 18.4 Å². The van der Waals surface area contributed by atoms with Crippen molar-refractivity contribution in [3.8, 4) is 0 Å². The summed E-state index contributed by atoms with van der Waals surface area (Å²) in [7, 11) is 0. The number of benzene rings is 2. The molecule has 23 heavy (non-hydrogen) atoms. The molecule has 1 amide bonds. The van der Waals surface area contributed by atoms with E-state index in [1.807, 2.05) is 24.3 Å². The van der Waals surface area contributed by atoms with Gasteiger partial charge >= 0.3 is 5.97 Å². The summed E-state index contributed by atoms with van der Waals surface area (Å²) in [4.78, 5) is 34.0. The van der Waals surface area contributed by atoms with Crippen LogP contribution in [0.1, 0.15) is 26.3 Å². The number of hydrogen-bond acceptors (Lipinski definition) is 4. The maximum absolute atomic E-state index is 11.8. The molecule has 0 atom stereocenters. The van der Waals surface area contributed by atoms with Gasteiger partial charge in [-0.05, 0) is 23.8 Å². The maximum Gasteiger partial charge on any atom is 0.338 e. The van der Waals surface area contributed by atoms with Crippen molar-refractivity contribution in [1.82, 2.24) is 5.32 Å². The second-order valence-electron chi connectivity index (χ2n) is 4.68. The van der Waals surface area contributed by atoms with Crippen LogP contribution in [0.25, 0.3) is 0 Å². The average molecular weight is 376 g/mol. The highest BCUT2D eigenvalue weighted by Gasteiger charge is 2.10. The van der Waals surface area contributed by atoms with Crippen LogP contribution in [0.5, 0.6) is 0 Å². The molecular weight excluding hydrogens is 362 g/mol. The minimum atomic E-state index is -0.613. The van der Waals surface area contributed by atoms with Crippen LogP contribution in [0.4, 0.5) is 0 Å². The monoisotopic (exact) mass is 375 g/mol. The highest BCUT2D eigenvalue weighted by atomic mass is 79.9. The highest BCUT2D eigenvalue weighted by Crippen LogP contribution is 2.15. The Hall–Kier alpha value is -2.47. The first-order valence-electron chi connectivity index (χ1n) is 6.82. The lowest BCUT2D eigenvalue weighted by molar-refractivity contribution is -0.124. The van der Waals surface area contributed by atoms with Crippen molar-refractivity contribution in [2.75, 3.05) is 6.61 Å². The van der Waals surface area contributed by atoms with Crippen LogP contribution >= 0.6 is 15.9 Å². The summed E-state index contributed by atoms with van der Waals surface area (Å²) in [6, 6.07) is 13.5. The summed E-state index contributed by atoms with van der Waals surface area (Å²) in [5.74, 6) is -1.00. The number of hydrogen-bond donors (Lipinski definition) is 1. The molecule has 0 unspecified atom stereocenters. The summed E-state index contributed by atoms with van der Waals surface area (Å²) >= 11 is 3.39. The van der Waals surface area contributed by atoms with Crippen LogP contribution < -0.4 is 5.32 Å². The molecule has 0 aliphatic heterocycles. The van der Waals surface area contributed by atoms with Gasteiger partial charge in [0.15, 0.2) is 6.61 Å². The van der Waals surface area contributed by atoms with E-state index >= 15 is 0 Å². The van der Waals surface area contributed by atoms with E-state index in [1.165, 1.54) is 24.3 Å². The van der Waals surface area contributed by atoms with E-state index in [0.717, 1.165) is 10.0 Å². The van der Waals surface area contributed by atoms with Crippen LogP contribution in [0.3, 0.4) is 0 Å². The fourth-order valence-corrected chi connectivity index (χ4v) is 2.22. The molecule has 1 N–H and O–H groups in total. The van der Waals surface area contributed by atoms with E-state index in [-0.39, 0.29) is 12.2 Å². The minimum Gasteiger partial charge on any atom is -0.452 e. The fourth-order valence-electron chi connectivity index (χ4n) is 1.80. The van der Waals surface area contributed by atoms with Gasteiger partial charge in [0.2, 0.25) is 0 Å². The van der Waals surface area contributed by atoms with Crippen LogP contribution in [0.2, 0.25) is 0 Å². The lowest BCUT2D eigenvalue weighted by Crippen LogP contribution is -2.28. The predicted octanol–water partition coefficient (Wildman–Crippen LogP) is 2.73. The van der Waals surface area contributed by atoms with Crippen LogP contribution in [-0.2, 0) is 16.1 Å². The number of rotatable bonds is 6. The van der Waals surface area contributed by atoms with Crippen molar-refractivity contribution in [2.24, 2.45) is 0 Å². The van der Waals surface area contributed by atoms with Gasteiger partial charge in [0, 0.05) is 16.6 Å². The quantitative estimate of drug-likeness (QED) is 0.622. The third-order valence-corrected chi connectivity index (χ3v) is 3.82. The molecule has 0 fully saturated rings. The van der Waals surface area contributed by atoms with Crippen molar-refractivity contribution >= 4 is 34.1 Å². The molecule has 0 aliphatic rings. The third-order valence-electron chi connectivity index (χ3n) is 3.05. The smallest absolute Gasteiger partial charge is 0.338 e. The number of carbonyl (C=O) groups excluding carboxylic acids is 3. The Kier molecular flexibility index (Phi) is 6.05. The first-order valence-corrected chi connectivity index (χ1v) is 7.62. The summed E-state index contributed by atoms with van der Waals surface area (Å²) in [5, 5.41) is 2.67. The number of amides is 1. The molecule has 0 spiro atoms. The van der Waals surface area contributed by atoms with E-state index in [2.05, 4.69) is 21.2 Å². The molecule has 2 aromatic carbocycles. The zero-order valence-electron chi connectivity index (χ0n) is 12.1. The second kappa shape index (κ2) is 8.24. The van der Waals surface area contributed by atoms with Gasteiger partial charge in [0.05, 0.1) is 5.56 Å². The zero-order valence-corrected chi connectivity index (χ0v) is 13.7. The topological polar surface area (TPSA) is 72.5 Å². The molecule has 2 aromatic rings. The highest BCUT2D eigenvalue weighted by molar-refractivity contribution is 9.10. The van der Waals surface area contributed by atoms with Crippen LogP contribution in [0.15, 0.2) is 53.0 Å². The second-order valence-corrected chi connectivity index (χ2v) is 5.54. The molecule has 2 rings (SSSR count). The van der Waals surface area contributed by atoms with Crippen LogP contribution in [-0.4, -0.2) is 24.8 Å². The van der Waals surface area contributed by atoms with Crippen molar-refractivity contribution in [3.05, 3.63) is 69.7 Å². The summed E-state index contributed by atoms with van der Waals surface area (Å²) in [5.41, 5.74) is 1.68. The molecule has 0 radical (unpaired) electrons. The first-order chi connectivity index (χ1) is 11.1. The minimum absolute atomic E-state index is 0.286. The molecule has 0 saturated carbocycles. The van der Waals surface area contributed by atoms with E-state index < -0.39 is 11.9 Å². The molecule has 0 saturated heterocycles. The summed E-state index contributed by atoms with van der Waals surface area (Å²) in [6.07, 6.45) is 0.685. The Balaban J connectivity index is 1.80. The van der Waals surface area contributed by atoms with Gasteiger partial charge in [-0.1, -0.05) is 46.3 Å². The Morgan fingerprint density at radius 3 is 2.43 bits per heavy atom. The SMILES string of the molecule is O=Cc1ccc(C(=O)OCC(=O)NCc2ccccc2Br)cc1. The summed E-state index contributed by atoms with van der Waals surface area (Å²) < 4.78 is 5.83. The van der Waals surface area contributed by atoms with Gasteiger partial charge in [-0.15, -0.1) is 0 Å². The number of aldehydes is 1. The Labute approximate surface area is 141 Å². The first kappa shape index (κ1) is 16.9. The van der Waals surface area contributed by atoms with Crippen LogP contribution in [0, 0.1) is 0 Å². The van der Waals surface area contributed by atoms with E-state index in [4.69, 9.17) is 4.74 Å². The Bertz CT molecular complexity index is 713. The fraction of sp³-hybridized carbons (Fsp3) is 0.118. The molecule has 0 bridgehead atoms. The van der Waals surface area contributed by atoms with Gasteiger partial charge in [0.25, 0.3) is 5.91 Å². The van der Waals surface area contributed by atoms with E-state index in [9.17, 15) is 14.4 Å². The van der Waals surface area contributed by atoms with Gasteiger partial charge in [-0.3, -0.25) is 9.59 Å². The van der Waals surface area contributed by atoms with Gasteiger partial charge in [0.1, 0.15) is 6.29 Å². The third kappa shape index (κ3) is 5.03. The van der Waals surface area contributed by atoms with Crippen molar-refractivity contribution in [1.29, 1.82) is 0 Å². The molecule has 0 aliphatic carbocycles. The summed E-state index contributed by atoms with van der Waals surface area (Å²) in [6.45, 7) is -0.0233. The zero-order chi connectivity index (χ0) is 16.7. The number of halogens is 1. The molecule has 0 aromatic heterocycles. The predicted molar refractivity (Wildman–Crippen MR) is 88.1 cm³/mol. The number of nitrogens with one attached hydrogen (secondary N) is 1. The Morgan fingerprint density at radius 1 is 1.09 bits per heavy atom. The van der Waals surface area contributed by atoms with Crippen molar-refractivity contribution < 1.29 is 19.1 Å². The molecule has 6 heteroatoms. The van der Waals surface area contributed by atoms with Gasteiger partial charge in [-0.25, -0.2) is 4.79 Å². The number of carbonyl (C=O) groups is 3. The standard InChI is InChI=1S/C17H14BrNO4/c18-15-4-2-1-3-14(15)9-19-16(21)11-23-17(22)13-7-5-12(10-20)6-8-13/h1-8,10H,9,11H2,(H,19,21). The average Bonchev–Trinajstić information content (AvgIpc) is 2.59.